The maximum Gasteiger partial charge on any atom is 0.435 e. The molecule has 7 heteroatoms. The number of benzene rings is 2. The summed E-state index contributed by atoms with van der Waals surface area (Å²) in [6.07, 6.45) is -4.60. The molecule has 0 aliphatic rings. The van der Waals surface area contributed by atoms with Crippen molar-refractivity contribution in [3.05, 3.63) is 59.2 Å². The highest BCUT2D eigenvalue weighted by molar-refractivity contribution is 6.30. The summed E-state index contributed by atoms with van der Waals surface area (Å²) in [7, 11) is 0. The summed E-state index contributed by atoms with van der Waals surface area (Å²) in [6, 6.07) is 11.9. The van der Waals surface area contributed by atoms with Crippen molar-refractivity contribution >= 4 is 11.6 Å². The molecule has 1 heterocycles. The maximum atomic E-state index is 13.3. The van der Waals surface area contributed by atoms with E-state index in [2.05, 4.69) is 10.2 Å². The summed E-state index contributed by atoms with van der Waals surface area (Å²) < 4.78 is 39.8. The van der Waals surface area contributed by atoms with Gasteiger partial charge >= 0.3 is 6.18 Å². The van der Waals surface area contributed by atoms with Crippen molar-refractivity contribution in [2.45, 2.75) is 6.18 Å². The average Bonchev–Trinajstić information content (AvgIpc) is 2.94. The van der Waals surface area contributed by atoms with Crippen molar-refractivity contribution in [3.63, 3.8) is 0 Å². The molecule has 0 bridgehead atoms. The normalized spacial score (nSPS) is 11.7. The fourth-order valence-electron chi connectivity index (χ4n) is 2.28. The van der Waals surface area contributed by atoms with Crippen LogP contribution in [0, 0.1) is 0 Å². The van der Waals surface area contributed by atoms with Gasteiger partial charge in [-0.2, -0.15) is 18.3 Å². The first-order valence-electron chi connectivity index (χ1n) is 6.57. The summed E-state index contributed by atoms with van der Waals surface area (Å²) in [5.74, 6) is 0.0253. The molecule has 0 saturated carbocycles. The third-order valence-electron chi connectivity index (χ3n) is 3.32. The Balaban J connectivity index is 2.23. The molecule has 0 amide bonds. The maximum absolute atomic E-state index is 13.3. The summed E-state index contributed by atoms with van der Waals surface area (Å²) in [5.41, 5.74) is -0.00305. The predicted molar refractivity (Wildman–Crippen MR) is 81.1 cm³/mol. The van der Waals surface area contributed by atoms with Crippen LogP contribution >= 0.6 is 11.6 Å². The van der Waals surface area contributed by atoms with Crippen LogP contribution in [0.1, 0.15) is 5.69 Å². The lowest BCUT2D eigenvalue weighted by Crippen LogP contribution is -2.07. The molecule has 0 spiro atoms. The second-order valence-corrected chi connectivity index (χ2v) is 5.31. The van der Waals surface area contributed by atoms with Gasteiger partial charge in [0.25, 0.3) is 0 Å². The molecule has 3 nitrogen and oxygen atoms in total. The van der Waals surface area contributed by atoms with Crippen LogP contribution in [0.4, 0.5) is 13.2 Å². The number of rotatable bonds is 2. The second kappa shape index (κ2) is 5.62. The van der Waals surface area contributed by atoms with E-state index >= 15 is 0 Å². The predicted octanol–water partition coefficient (Wildman–Crippen LogP) is 5.12. The Hall–Kier alpha value is -2.47. The van der Waals surface area contributed by atoms with Crippen molar-refractivity contribution in [1.29, 1.82) is 0 Å². The number of H-pyrrole nitrogens is 1. The number of hydrogen-bond donors (Lipinski definition) is 2. The number of phenolic OH excluding ortho intramolecular Hbond substituents is 1. The van der Waals surface area contributed by atoms with Crippen LogP contribution in [-0.2, 0) is 6.18 Å². The fourth-order valence-corrected chi connectivity index (χ4v) is 2.41. The highest BCUT2D eigenvalue weighted by Crippen LogP contribution is 2.41. The lowest BCUT2D eigenvalue weighted by atomic mass is 9.98. The minimum atomic E-state index is -4.60. The number of hydrogen-bond acceptors (Lipinski definition) is 2. The Labute approximate surface area is 134 Å². The van der Waals surface area contributed by atoms with Crippen molar-refractivity contribution in [1.82, 2.24) is 10.2 Å². The van der Waals surface area contributed by atoms with Gasteiger partial charge < -0.3 is 5.11 Å². The van der Waals surface area contributed by atoms with Crippen LogP contribution in [0.25, 0.3) is 22.4 Å². The molecule has 3 aromatic rings. The van der Waals surface area contributed by atoms with Gasteiger partial charge in [0, 0.05) is 16.1 Å². The summed E-state index contributed by atoms with van der Waals surface area (Å²) in [6.45, 7) is 0. The molecule has 0 fully saturated rings. The van der Waals surface area contributed by atoms with E-state index in [1.54, 1.807) is 0 Å². The molecule has 1 aromatic heterocycles. The molecule has 0 saturated heterocycles. The third-order valence-corrected chi connectivity index (χ3v) is 3.58. The zero-order valence-corrected chi connectivity index (χ0v) is 12.3. The highest BCUT2D eigenvalue weighted by atomic mass is 35.5. The van der Waals surface area contributed by atoms with E-state index in [0.717, 1.165) is 0 Å². The molecule has 0 aliphatic carbocycles. The number of alkyl halides is 3. The summed E-state index contributed by atoms with van der Waals surface area (Å²) >= 11 is 5.80. The highest BCUT2D eigenvalue weighted by Gasteiger charge is 2.38. The zero-order valence-electron chi connectivity index (χ0n) is 11.5. The monoisotopic (exact) mass is 338 g/mol. The molecule has 2 aromatic carbocycles. The molecule has 23 heavy (non-hydrogen) atoms. The van der Waals surface area contributed by atoms with Crippen molar-refractivity contribution in [2.75, 3.05) is 0 Å². The van der Waals surface area contributed by atoms with Crippen molar-refractivity contribution < 1.29 is 18.3 Å². The molecule has 0 unspecified atom stereocenters. The number of aromatic nitrogens is 2. The quantitative estimate of drug-likeness (QED) is 0.681. The summed E-state index contributed by atoms with van der Waals surface area (Å²) in [5, 5.41) is 15.6. The molecule has 0 radical (unpaired) electrons. The van der Waals surface area contributed by atoms with Gasteiger partial charge in [0.1, 0.15) is 5.75 Å². The molecule has 118 valence electrons. The first-order valence-corrected chi connectivity index (χ1v) is 6.95. The lowest BCUT2D eigenvalue weighted by Gasteiger charge is -2.09. The minimum absolute atomic E-state index is 0.0253. The smallest absolute Gasteiger partial charge is 0.435 e. The van der Waals surface area contributed by atoms with E-state index in [0.29, 0.717) is 16.1 Å². The van der Waals surface area contributed by atoms with Gasteiger partial charge in [0.2, 0.25) is 0 Å². The minimum Gasteiger partial charge on any atom is -0.508 e. The van der Waals surface area contributed by atoms with E-state index in [4.69, 9.17) is 11.6 Å². The van der Waals surface area contributed by atoms with Gasteiger partial charge in [-0.15, -0.1) is 0 Å². The number of aromatic hydroxyl groups is 1. The zero-order chi connectivity index (χ0) is 16.6. The van der Waals surface area contributed by atoms with E-state index in [1.807, 2.05) is 0 Å². The van der Waals surface area contributed by atoms with Gasteiger partial charge in [0.05, 0.1) is 5.69 Å². The number of nitrogens with one attached hydrogen (secondary N) is 1. The molecule has 0 aliphatic heterocycles. The van der Waals surface area contributed by atoms with Gasteiger partial charge in [0.15, 0.2) is 5.69 Å². The molecular weight excluding hydrogens is 329 g/mol. The van der Waals surface area contributed by atoms with E-state index < -0.39 is 11.9 Å². The topological polar surface area (TPSA) is 48.9 Å². The van der Waals surface area contributed by atoms with Crippen LogP contribution in [0.2, 0.25) is 5.02 Å². The SMILES string of the molecule is Oc1ccc(-c2[nH]nc(C(F)(F)F)c2-c2ccc(Cl)cc2)cc1. The van der Waals surface area contributed by atoms with E-state index in [-0.39, 0.29) is 17.0 Å². The van der Waals surface area contributed by atoms with Crippen LogP contribution in [0.3, 0.4) is 0 Å². The van der Waals surface area contributed by atoms with Crippen molar-refractivity contribution in [3.8, 4) is 28.1 Å². The van der Waals surface area contributed by atoms with Crippen LogP contribution in [-0.4, -0.2) is 15.3 Å². The Morgan fingerprint density at radius 2 is 1.48 bits per heavy atom. The molecule has 0 atom stereocenters. The molecule has 3 rings (SSSR count). The number of halogens is 4. The Kier molecular flexibility index (Phi) is 3.77. The largest absolute Gasteiger partial charge is 0.508 e. The number of nitrogens with zero attached hydrogens (tertiary/aromatic N) is 1. The van der Waals surface area contributed by atoms with E-state index in [9.17, 15) is 18.3 Å². The van der Waals surface area contributed by atoms with Crippen molar-refractivity contribution in [2.24, 2.45) is 0 Å². The fraction of sp³-hybridized carbons (Fsp3) is 0.0625. The van der Waals surface area contributed by atoms with Crippen LogP contribution in [0.5, 0.6) is 5.75 Å². The molecular formula is C16H10ClF3N2O. The Morgan fingerprint density at radius 1 is 0.913 bits per heavy atom. The molecule has 2 N–H and O–H groups in total. The van der Waals surface area contributed by atoms with Crippen LogP contribution in [0.15, 0.2) is 48.5 Å². The average molecular weight is 339 g/mol. The van der Waals surface area contributed by atoms with E-state index in [1.165, 1.54) is 48.5 Å². The van der Waals surface area contributed by atoms with Gasteiger partial charge in [-0.05, 0) is 42.0 Å². The van der Waals surface area contributed by atoms with Crippen LogP contribution < -0.4 is 0 Å². The van der Waals surface area contributed by atoms with Gasteiger partial charge in [-0.3, -0.25) is 5.10 Å². The summed E-state index contributed by atoms with van der Waals surface area (Å²) in [4.78, 5) is 0. The van der Waals surface area contributed by atoms with Gasteiger partial charge in [-0.1, -0.05) is 23.7 Å². The number of phenols is 1. The standard InChI is InChI=1S/C16H10ClF3N2O/c17-11-5-1-9(2-6-11)13-14(10-3-7-12(23)8-4-10)21-22-15(13)16(18,19)20/h1-8,23H,(H,21,22). The first kappa shape index (κ1) is 15.4. The lowest BCUT2D eigenvalue weighted by molar-refractivity contribution is -0.140. The third kappa shape index (κ3) is 3.03. The Morgan fingerprint density at radius 3 is 2.04 bits per heavy atom. The first-order chi connectivity index (χ1) is 10.9. The Bertz CT molecular complexity index is 824. The second-order valence-electron chi connectivity index (χ2n) is 4.87. The number of aromatic amines is 1. The van der Waals surface area contributed by atoms with Gasteiger partial charge in [-0.25, -0.2) is 0 Å².